The first-order valence-corrected chi connectivity index (χ1v) is 6.23. The highest BCUT2D eigenvalue weighted by atomic mass is 32.2. The van der Waals surface area contributed by atoms with Crippen LogP contribution in [0, 0.1) is 17.1 Å². The molecule has 16 heavy (non-hydrogen) atoms. The van der Waals surface area contributed by atoms with Gasteiger partial charge >= 0.3 is 0 Å². The summed E-state index contributed by atoms with van der Waals surface area (Å²) in [5, 5.41) is 8.69. The van der Waals surface area contributed by atoms with E-state index in [2.05, 4.69) is 0 Å². The molecule has 0 radical (unpaired) electrons. The second-order valence-electron chi connectivity index (χ2n) is 4.56. The van der Waals surface area contributed by atoms with Gasteiger partial charge in [0.2, 0.25) is 0 Å². The molecule has 2 nitrogen and oxygen atoms in total. The van der Waals surface area contributed by atoms with Gasteiger partial charge in [-0.25, -0.2) is 4.39 Å². The number of halogens is 1. The van der Waals surface area contributed by atoms with Crippen LogP contribution in [-0.2, 0) is 16.6 Å². The quantitative estimate of drug-likeness (QED) is 0.796. The van der Waals surface area contributed by atoms with E-state index in [1.807, 2.05) is 26.8 Å². The zero-order valence-corrected chi connectivity index (χ0v) is 10.4. The maximum atomic E-state index is 13.1. The molecule has 0 saturated carbocycles. The first-order valence-electron chi connectivity index (χ1n) is 4.91. The third-order valence-electron chi connectivity index (χ3n) is 2.07. The van der Waals surface area contributed by atoms with E-state index in [1.54, 1.807) is 6.07 Å². The molecule has 0 fully saturated rings. The molecule has 1 unspecified atom stereocenters. The highest BCUT2D eigenvalue weighted by molar-refractivity contribution is 7.85. The first-order chi connectivity index (χ1) is 7.32. The molecule has 0 amide bonds. The minimum atomic E-state index is -1.08. The van der Waals surface area contributed by atoms with Crippen molar-refractivity contribution in [3.05, 3.63) is 35.1 Å². The van der Waals surface area contributed by atoms with Crippen LogP contribution in [0.1, 0.15) is 31.9 Å². The number of hydrogen-bond donors (Lipinski definition) is 0. The lowest BCUT2D eigenvalue weighted by Gasteiger charge is -2.17. The van der Waals surface area contributed by atoms with Gasteiger partial charge in [-0.2, -0.15) is 5.26 Å². The van der Waals surface area contributed by atoms with E-state index in [4.69, 9.17) is 5.26 Å². The normalized spacial score (nSPS) is 13.2. The molecule has 0 aliphatic carbocycles. The Morgan fingerprint density at radius 2 is 2.00 bits per heavy atom. The molecule has 1 rings (SSSR count). The summed E-state index contributed by atoms with van der Waals surface area (Å²) in [6, 6.07) is 5.95. The zero-order valence-electron chi connectivity index (χ0n) is 9.58. The van der Waals surface area contributed by atoms with Crippen LogP contribution in [0.4, 0.5) is 4.39 Å². The van der Waals surface area contributed by atoms with Crippen LogP contribution in [0.2, 0.25) is 0 Å². The fourth-order valence-corrected chi connectivity index (χ4v) is 2.07. The summed E-state index contributed by atoms with van der Waals surface area (Å²) in [6.07, 6.45) is 0. The van der Waals surface area contributed by atoms with Crippen LogP contribution in [0.15, 0.2) is 18.2 Å². The second kappa shape index (κ2) is 4.75. The van der Waals surface area contributed by atoms with Crippen molar-refractivity contribution in [2.45, 2.75) is 31.3 Å². The SMILES string of the molecule is CC(C)(C)S(=O)Cc1cc(F)cc(C#N)c1. The molecule has 0 aliphatic heterocycles. The highest BCUT2D eigenvalue weighted by Crippen LogP contribution is 2.18. The van der Waals surface area contributed by atoms with Crippen molar-refractivity contribution >= 4 is 10.8 Å². The molecule has 4 heteroatoms. The van der Waals surface area contributed by atoms with Crippen LogP contribution in [0.3, 0.4) is 0 Å². The van der Waals surface area contributed by atoms with Crippen LogP contribution in [-0.4, -0.2) is 8.96 Å². The maximum absolute atomic E-state index is 13.1. The largest absolute Gasteiger partial charge is 0.259 e. The van der Waals surface area contributed by atoms with Gasteiger partial charge in [-0.1, -0.05) is 0 Å². The van der Waals surface area contributed by atoms with E-state index in [0.717, 1.165) is 0 Å². The van der Waals surface area contributed by atoms with Crippen LogP contribution in [0.25, 0.3) is 0 Å². The van der Waals surface area contributed by atoms with Gasteiger partial charge in [0.05, 0.1) is 11.6 Å². The topological polar surface area (TPSA) is 40.9 Å². The lowest BCUT2D eigenvalue weighted by Crippen LogP contribution is -2.23. The molecule has 1 aromatic rings. The van der Waals surface area contributed by atoms with Crippen molar-refractivity contribution in [3.8, 4) is 6.07 Å². The maximum Gasteiger partial charge on any atom is 0.124 e. The van der Waals surface area contributed by atoms with Crippen LogP contribution >= 0.6 is 0 Å². The Hall–Kier alpha value is -1.21. The van der Waals surface area contributed by atoms with Gasteiger partial charge in [0.25, 0.3) is 0 Å². The van der Waals surface area contributed by atoms with E-state index in [9.17, 15) is 8.60 Å². The zero-order chi connectivity index (χ0) is 12.3. The standard InChI is InChI=1S/C12H14FNOS/c1-12(2,3)16(15)8-10-4-9(7-14)5-11(13)6-10/h4-6H,8H2,1-3H3. The number of benzene rings is 1. The number of nitriles is 1. The molecule has 0 bridgehead atoms. The van der Waals surface area contributed by atoms with Crippen molar-refractivity contribution in [2.24, 2.45) is 0 Å². The van der Waals surface area contributed by atoms with Gasteiger partial charge in [0.15, 0.2) is 0 Å². The lowest BCUT2D eigenvalue weighted by molar-refractivity contribution is 0.625. The molecule has 1 atom stereocenters. The molecule has 0 saturated heterocycles. The summed E-state index contributed by atoms with van der Waals surface area (Å²) < 4.78 is 24.6. The molecule has 0 aliphatic rings. The third-order valence-corrected chi connectivity index (χ3v) is 4.03. The van der Waals surface area contributed by atoms with Gasteiger partial charge in [-0.05, 0) is 44.5 Å². The summed E-state index contributed by atoms with van der Waals surface area (Å²) in [6.45, 7) is 5.61. The smallest absolute Gasteiger partial charge is 0.124 e. The molecule has 0 aromatic heterocycles. The van der Waals surface area contributed by atoms with Crippen LogP contribution < -0.4 is 0 Å². The van der Waals surface area contributed by atoms with E-state index in [1.165, 1.54) is 12.1 Å². The fraction of sp³-hybridized carbons (Fsp3) is 0.417. The average molecular weight is 239 g/mol. The minimum Gasteiger partial charge on any atom is -0.259 e. The van der Waals surface area contributed by atoms with Crippen molar-refractivity contribution in [2.75, 3.05) is 0 Å². The Kier molecular flexibility index (Phi) is 3.82. The van der Waals surface area contributed by atoms with Gasteiger partial charge in [0.1, 0.15) is 5.82 Å². The number of nitrogens with zero attached hydrogens (tertiary/aromatic N) is 1. The molecular weight excluding hydrogens is 225 g/mol. The molecule has 0 spiro atoms. The van der Waals surface area contributed by atoms with Crippen molar-refractivity contribution < 1.29 is 8.60 Å². The van der Waals surface area contributed by atoms with Gasteiger partial charge < -0.3 is 0 Å². The number of hydrogen-bond acceptors (Lipinski definition) is 2. The van der Waals surface area contributed by atoms with Gasteiger partial charge in [-0.15, -0.1) is 0 Å². The Morgan fingerprint density at radius 3 is 2.50 bits per heavy atom. The Labute approximate surface area is 97.6 Å². The Balaban J connectivity index is 2.95. The molecule has 0 heterocycles. The third kappa shape index (κ3) is 3.42. The summed E-state index contributed by atoms with van der Waals surface area (Å²) in [4.78, 5) is 0. The van der Waals surface area contributed by atoms with Crippen LogP contribution in [0.5, 0.6) is 0 Å². The summed E-state index contributed by atoms with van der Waals surface area (Å²) >= 11 is 0. The summed E-state index contributed by atoms with van der Waals surface area (Å²) in [7, 11) is -1.08. The first kappa shape index (κ1) is 12.9. The summed E-state index contributed by atoms with van der Waals surface area (Å²) in [5.74, 6) is -0.185. The van der Waals surface area contributed by atoms with Gasteiger partial charge in [0, 0.05) is 21.3 Å². The number of rotatable bonds is 2. The predicted octanol–water partition coefficient (Wildman–Crippen LogP) is 2.74. The van der Waals surface area contributed by atoms with Crippen molar-refractivity contribution in [1.29, 1.82) is 5.26 Å². The van der Waals surface area contributed by atoms with E-state index >= 15 is 0 Å². The fourth-order valence-electron chi connectivity index (χ4n) is 1.17. The highest BCUT2D eigenvalue weighted by Gasteiger charge is 2.19. The van der Waals surface area contributed by atoms with Crippen molar-refractivity contribution in [3.63, 3.8) is 0 Å². The Bertz CT molecular complexity index is 457. The molecule has 1 aromatic carbocycles. The van der Waals surface area contributed by atoms with E-state index < -0.39 is 16.6 Å². The summed E-state index contributed by atoms with van der Waals surface area (Å²) in [5.41, 5.74) is 0.866. The molecule has 86 valence electrons. The van der Waals surface area contributed by atoms with Gasteiger partial charge in [-0.3, -0.25) is 4.21 Å². The van der Waals surface area contributed by atoms with E-state index in [-0.39, 0.29) is 16.1 Å². The Morgan fingerprint density at radius 1 is 1.38 bits per heavy atom. The van der Waals surface area contributed by atoms with Crippen molar-refractivity contribution in [1.82, 2.24) is 0 Å². The monoisotopic (exact) mass is 239 g/mol. The molecule has 0 N–H and O–H groups in total. The second-order valence-corrected chi connectivity index (χ2v) is 6.77. The van der Waals surface area contributed by atoms with E-state index in [0.29, 0.717) is 5.56 Å². The average Bonchev–Trinajstić information content (AvgIpc) is 2.15. The lowest BCUT2D eigenvalue weighted by atomic mass is 10.1. The molecular formula is C12H14FNOS. The minimum absolute atomic E-state index is 0.265. The predicted molar refractivity (Wildman–Crippen MR) is 62.7 cm³/mol.